The van der Waals surface area contributed by atoms with Gasteiger partial charge in [0, 0.05) is 12.5 Å². The molecule has 1 atom stereocenters. The van der Waals surface area contributed by atoms with Crippen molar-refractivity contribution in [1.82, 2.24) is 0 Å². The Hall–Kier alpha value is -1.40. The SMILES string of the molecule is C=C(C)C(=O)OC(COC(C)=O)C1(C)OCCCO1. The van der Waals surface area contributed by atoms with Crippen molar-refractivity contribution < 1.29 is 28.5 Å². The van der Waals surface area contributed by atoms with Gasteiger partial charge in [-0.1, -0.05) is 6.58 Å². The van der Waals surface area contributed by atoms with Crippen LogP contribution in [0.5, 0.6) is 0 Å². The predicted molar refractivity (Wildman–Crippen MR) is 66.3 cm³/mol. The Labute approximate surface area is 112 Å². The van der Waals surface area contributed by atoms with E-state index in [1.165, 1.54) is 13.8 Å². The normalized spacial score (nSPS) is 19.3. The topological polar surface area (TPSA) is 71.1 Å². The third kappa shape index (κ3) is 4.65. The van der Waals surface area contributed by atoms with E-state index >= 15 is 0 Å². The summed E-state index contributed by atoms with van der Waals surface area (Å²) in [5.74, 6) is -2.15. The molecule has 0 aromatic carbocycles. The first-order valence-corrected chi connectivity index (χ1v) is 6.13. The Morgan fingerprint density at radius 1 is 1.32 bits per heavy atom. The first kappa shape index (κ1) is 15.7. The minimum absolute atomic E-state index is 0.120. The van der Waals surface area contributed by atoms with Gasteiger partial charge < -0.3 is 18.9 Å². The van der Waals surface area contributed by atoms with Gasteiger partial charge in [0.25, 0.3) is 0 Å². The van der Waals surface area contributed by atoms with Crippen molar-refractivity contribution in [3.8, 4) is 0 Å². The van der Waals surface area contributed by atoms with Gasteiger partial charge in [-0.15, -0.1) is 0 Å². The standard InChI is InChI=1S/C13H20O6/c1-9(2)12(15)19-11(8-16-10(3)14)13(4)17-6-5-7-18-13/h11H,1,5-8H2,2-4H3. The number of esters is 2. The molecule has 1 heterocycles. The summed E-state index contributed by atoms with van der Waals surface area (Å²) < 4.78 is 21.2. The highest BCUT2D eigenvalue weighted by atomic mass is 16.7. The van der Waals surface area contributed by atoms with Gasteiger partial charge in [0.15, 0.2) is 6.10 Å². The van der Waals surface area contributed by atoms with Crippen molar-refractivity contribution in [3.63, 3.8) is 0 Å². The molecule has 108 valence electrons. The lowest BCUT2D eigenvalue weighted by Crippen LogP contribution is -2.52. The van der Waals surface area contributed by atoms with E-state index in [1.807, 2.05) is 0 Å². The summed E-state index contributed by atoms with van der Waals surface area (Å²) in [6.07, 6.45) is -0.0643. The Balaban J connectivity index is 2.74. The number of hydrogen-bond donors (Lipinski definition) is 0. The van der Waals surface area contributed by atoms with Crippen molar-refractivity contribution >= 4 is 11.9 Å². The van der Waals surface area contributed by atoms with E-state index in [9.17, 15) is 9.59 Å². The highest BCUT2D eigenvalue weighted by Crippen LogP contribution is 2.25. The van der Waals surface area contributed by atoms with E-state index in [-0.39, 0.29) is 12.2 Å². The minimum atomic E-state index is -1.11. The molecule has 6 heteroatoms. The molecule has 1 rings (SSSR count). The Morgan fingerprint density at radius 3 is 2.37 bits per heavy atom. The third-order valence-corrected chi connectivity index (χ3v) is 2.69. The lowest BCUT2D eigenvalue weighted by Gasteiger charge is -2.38. The fraction of sp³-hybridized carbons (Fsp3) is 0.692. The zero-order chi connectivity index (χ0) is 14.5. The highest BCUT2D eigenvalue weighted by Gasteiger charge is 2.42. The minimum Gasteiger partial charge on any atom is -0.462 e. The maximum absolute atomic E-state index is 11.6. The first-order valence-electron chi connectivity index (χ1n) is 6.13. The lowest BCUT2D eigenvalue weighted by atomic mass is 10.1. The zero-order valence-corrected chi connectivity index (χ0v) is 11.6. The molecule has 19 heavy (non-hydrogen) atoms. The van der Waals surface area contributed by atoms with Crippen LogP contribution in [0, 0.1) is 0 Å². The van der Waals surface area contributed by atoms with Gasteiger partial charge in [-0.3, -0.25) is 4.79 Å². The summed E-state index contributed by atoms with van der Waals surface area (Å²) in [7, 11) is 0. The quantitative estimate of drug-likeness (QED) is 0.553. The second kappa shape index (κ2) is 6.68. The summed E-state index contributed by atoms with van der Waals surface area (Å²) in [6.45, 7) is 8.86. The van der Waals surface area contributed by atoms with Crippen molar-refractivity contribution in [2.45, 2.75) is 39.1 Å². The van der Waals surface area contributed by atoms with Crippen LogP contribution >= 0.6 is 0 Å². The lowest BCUT2D eigenvalue weighted by molar-refractivity contribution is -0.304. The van der Waals surface area contributed by atoms with Gasteiger partial charge in [0.05, 0.1) is 13.2 Å². The van der Waals surface area contributed by atoms with E-state index in [1.54, 1.807) is 6.92 Å². The molecule has 0 radical (unpaired) electrons. The summed E-state index contributed by atoms with van der Waals surface area (Å²) in [4.78, 5) is 22.5. The molecule has 0 spiro atoms. The van der Waals surface area contributed by atoms with Crippen LogP contribution in [0.15, 0.2) is 12.2 Å². The van der Waals surface area contributed by atoms with Crippen molar-refractivity contribution in [2.75, 3.05) is 19.8 Å². The van der Waals surface area contributed by atoms with Crippen LogP contribution in [0.3, 0.4) is 0 Å². The summed E-state index contributed by atoms with van der Waals surface area (Å²) in [5.41, 5.74) is 0.257. The molecule has 0 amide bonds. The Morgan fingerprint density at radius 2 is 1.89 bits per heavy atom. The Bertz CT molecular complexity index is 356. The van der Waals surface area contributed by atoms with Crippen LogP contribution < -0.4 is 0 Å². The number of rotatable bonds is 5. The van der Waals surface area contributed by atoms with E-state index in [0.29, 0.717) is 13.2 Å². The molecule has 0 aromatic heterocycles. The van der Waals surface area contributed by atoms with E-state index < -0.39 is 23.8 Å². The van der Waals surface area contributed by atoms with Crippen LogP contribution in [-0.2, 0) is 28.5 Å². The molecular formula is C13H20O6. The van der Waals surface area contributed by atoms with Gasteiger partial charge in [-0.05, 0) is 20.3 Å². The fourth-order valence-electron chi connectivity index (χ4n) is 1.55. The summed E-state index contributed by atoms with van der Waals surface area (Å²) in [6, 6.07) is 0. The average molecular weight is 272 g/mol. The zero-order valence-electron chi connectivity index (χ0n) is 11.6. The Kier molecular flexibility index (Phi) is 5.50. The monoisotopic (exact) mass is 272 g/mol. The van der Waals surface area contributed by atoms with Crippen LogP contribution in [0.2, 0.25) is 0 Å². The molecule has 1 unspecified atom stereocenters. The number of carbonyl (C=O) groups is 2. The van der Waals surface area contributed by atoms with Gasteiger partial charge in [-0.2, -0.15) is 0 Å². The van der Waals surface area contributed by atoms with E-state index in [0.717, 1.165) is 6.42 Å². The molecule has 0 N–H and O–H groups in total. The summed E-state index contributed by atoms with van der Waals surface area (Å²) >= 11 is 0. The van der Waals surface area contributed by atoms with Gasteiger partial charge in [0.2, 0.25) is 5.79 Å². The highest BCUT2D eigenvalue weighted by molar-refractivity contribution is 5.87. The first-order chi connectivity index (χ1) is 8.85. The maximum atomic E-state index is 11.6. The predicted octanol–water partition coefficient (Wildman–Crippen LogP) is 1.19. The second-order valence-electron chi connectivity index (χ2n) is 4.54. The molecule has 6 nitrogen and oxygen atoms in total. The number of hydrogen-bond acceptors (Lipinski definition) is 6. The number of carbonyl (C=O) groups excluding carboxylic acids is 2. The molecule has 1 saturated heterocycles. The largest absolute Gasteiger partial charge is 0.462 e. The molecule has 1 fully saturated rings. The average Bonchev–Trinajstić information content (AvgIpc) is 2.34. The maximum Gasteiger partial charge on any atom is 0.333 e. The van der Waals surface area contributed by atoms with Crippen molar-refractivity contribution in [2.24, 2.45) is 0 Å². The molecule has 0 aliphatic carbocycles. The third-order valence-electron chi connectivity index (χ3n) is 2.69. The van der Waals surface area contributed by atoms with Crippen molar-refractivity contribution in [1.29, 1.82) is 0 Å². The fourth-order valence-corrected chi connectivity index (χ4v) is 1.55. The number of ether oxygens (including phenoxy) is 4. The molecular weight excluding hydrogens is 252 g/mol. The molecule has 0 aromatic rings. The van der Waals surface area contributed by atoms with Crippen LogP contribution in [0.1, 0.15) is 27.2 Å². The van der Waals surface area contributed by atoms with Gasteiger partial charge in [0.1, 0.15) is 6.61 Å². The molecule has 0 bridgehead atoms. The van der Waals surface area contributed by atoms with Gasteiger partial charge in [-0.25, -0.2) is 4.79 Å². The molecule has 1 aliphatic heterocycles. The van der Waals surface area contributed by atoms with E-state index in [4.69, 9.17) is 18.9 Å². The van der Waals surface area contributed by atoms with Gasteiger partial charge >= 0.3 is 11.9 Å². The van der Waals surface area contributed by atoms with Crippen LogP contribution in [-0.4, -0.2) is 43.7 Å². The smallest absolute Gasteiger partial charge is 0.333 e. The molecule has 1 aliphatic rings. The van der Waals surface area contributed by atoms with Crippen molar-refractivity contribution in [3.05, 3.63) is 12.2 Å². The summed E-state index contributed by atoms with van der Waals surface area (Å²) in [5, 5.41) is 0. The molecule has 0 saturated carbocycles. The van der Waals surface area contributed by atoms with E-state index in [2.05, 4.69) is 6.58 Å². The second-order valence-corrected chi connectivity index (χ2v) is 4.54. The van der Waals surface area contributed by atoms with Crippen LogP contribution in [0.4, 0.5) is 0 Å². The van der Waals surface area contributed by atoms with Crippen LogP contribution in [0.25, 0.3) is 0 Å².